The second kappa shape index (κ2) is 8.31. The number of nitrogens with one attached hydrogen (secondary N) is 1. The van der Waals surface area contributed by atoms with Crippen LogP contribution >= 0.6 is 0 Å². The molecule has 29 heavy (non-hydrogen) atoms. The zero-order valence-electron chi connectivity index (χ0n) is 17.1. The Morgan fingerprint density at radius 2 is 2.14 bits per heavy atom. The summed E-state index contributed by atoms with van der Waals surface area (Å²) in [6.45, 7) is 6.94. The molecular weight excluding hydrogens is 366 g/mol. The van der Waals surface area contributed by atoms with Gasteiger partial charge in [0.1, 0.15) is 6.10 Å². The van der Waals surface area contributed by atoms with Crippen molar-refractivity contribution in [1.29, 1.82) is 0 Å². The van der Waals surface area contributed by atoms with Gasteiger partial charge in [-0.2, -0.15) is 5.10 Å². The first kappa shape index (κ1) is 19.5. The van der Waals surface area contributed by atoms with Gasteiger partial charge in [-0.05, 0) is 32.0 Å². The predicted octanol–water partition coefficient (Wildman–Crippen LogP) is 2.68. The average molecular weight is 393 g/mol. The topological polar surface area (TPSA) is 72.3 Å². The fourth-order valence-corrected chi connectivity index (χ4v) is 3.70. The number of benzene rings is 1. The van der Waals surface area contributed by atoms with Gasteiger partial charge >= 0.3 is 0 Å². The Morgan fingerprint density at radius 3 is 2.90 bits per heavy atom. The number of aryl methyl sites for hydroxylation is 1. The molecule has 1 aromatic carbocycles. The third-order valence-corrected chi connectivity index (χ3v) is 5.19. The summed E-state index contributed by atoms with van der Waals surface area (Å²) in [6, 6.07) is 11.8. The maximum atomic E-state index is 12.8. The first-order valence-electron chi connectivity index (χ1n) is 10.0. The molecule has 1 atom stereocenters. The number of rotatable bonds is 5. The largest absolute Gasteiger partial charge is 0.369 e. The minimum Gasteiger partial charge on any atom is -0.369 e. The molecule has 0 bridgehead atoms. The van der Waals surface area contributed by atoms with Gasteiger partial charge in [0.2, 0.25) is 0 Å². The number of hydrogen-bond donors (Lipinski definition) is 1. The van der Waals surface area contributed by atoms with E-state index in [2.05, 4.69) is 15.3 Å². The van der Waals surface area contributed by atoms with Gasteiger partial charge in [-0.1, -0.05) is 18.2 Å². The van der Waals surface area contributed by atoms with Gasteiger partial charge in [0.15, 0.2) is 0 Å². The normalized spacial score (nSPS) is 17.7. The molecule has 0 spiro atoms. The molecule has 152 valence electrons. The molecule has 1 amide bonds. The number of ether oxygens (including phenoxy) is 1. The van der Waals surface area contributed by atoms with E-state index in [1.54, 1.807) is 0 Å². The average Bonchev–Trinajstić information content (AvgIpc) is 3.11. The summed E-state index contributed by atoms with van der Waals surface area (Å²) in [7, 11) is 1.96. The van der Waals surface area contributed by atoms with E-state index in [4.69, 9.17) is 9.72 Å². The lowest BCUT2D eigenvalue weighted by molar-refractivity contribution is -0.0355. The van der Waals surface area contributed by atoms with Crippen LogP contribution in [-0.4, -0.2) is 51.3 Å². The van der Waals surface area contributed by atoms with E-state index in [1.165, 1.54) is 0 Å². The minimum absolute atomic E-state index is 0.0678. The summed E-state index contributed by atoms with van der Waals surface area (Å²) in [5.41, 5.74) is 3.42. The van der Waals surface area contributed by atoms with E-state index in [-0.39, 0.29) is 18.1 Å². The van der Waals surface area contributed by atoms with Crippen molar-refractivity contribution in [2.75, 3.05) is 19.7 Å². The van der Waals surface area contributed by atoms with Crippen LogP contribution in [0.3, 0.4) is 0 Å². The molecule has 2 aromatic heterocycles. The smallest absolute Gasteiger partial charge is 0.252 e. The lowest BCUT2D eigenvalue weighted by atomic mass is 10.0. The summed E-state index contributed by atoms with van der Waals surface area (Å²) in [6.07, 6.45) is 1.64. The highest BCUT2D eigenvalue weighted by Crippen LogP contribution is 2.26. The van der Waals surface area contributed by atoms with Crippen LogP contribution in [0.2, 0.25) is 0 Å². The van der Waals surface area contributed by atoms with E-state index >= 15 is 0 Å². The van der Waals surface area contributed by atoms with Crippen molar-refractivity contribution in [3.63, 3.8) is 0 Å². The Balaban J connectivity index is 1.62. The second-order valence-corrected chi connectivity index (χ2v) is 7.78. The molecule has 0 radical (unpaired) electrons. The maximum absolute atomic E-state index is 12.8. The minimum atomic E-state index is -0.174. The molecule has 1 aliphatic heterocycles. The third kappa shape index (κ3) is 4.31. The predicted molar refractivity (Wildman–Crippen MR) is 112 cm³/mol. The number of aromatic nitrogens is 3. The van der Waals surface area contributed by atoms with Gasteiger partial charge in [-0.15, -0.1) is 0 Å². The zero-order valence-corrected chi connectivity index (χ0v) is 17.1. The fraction of sp³-hybridized carbons (Fsp3) is 0.409. The van der Waals surface area contributed by atoms with Gasteiger partial charge in [0, 0.05) is 44.3 Å². The molecule has 1 saturated heterocycles. The number of carbonyl (C=O) groups is 1. The van der Waals surface area contributed by atoms with E-state index in [0.29, 0.717) is 12.2 Å². The Labute approximate surface area is 170 Å². The van der Waals surface area contributed by atoms with Crippen molar-refractivity contribution in [2.45, 2.75) is 32.5 Å². The number of morpholine rings is 1. The number of para-hydroxylation sites is 1. The van der Waals surface area contributed by atoms with Crippen LogP contribution in [0, 0.1) is 0 Å². The second-order valence-electron chi connectivity index (χ2n) is 7.78. The van der Waals surface area contributed by atoms with Crippen LogP contribution in [0.1, 0.15) is 41.7 Å². The quantitative estimate of drug-likeness (QED) is 0.722. The first-order valence-corrected chi connectivity index (χ1v) is 10.0. The van der Waals surface area contributed by atoms with E-state index < -0.39 is 0 Å². The lowest BCUT2D eigenvalue weighted by Gasteiger charge is -2.32. The highest BCUT2D eigenvalue weighted by Gasteiger charge is 2.25. The fourth-order valence-electron chi connectivity index (χ4n) is 3.70. The summed E-state index contributed by atoms with van der Waals surface area (Å²) < 4.78 is 7.95. The number of pyridine rings is 1. The third-order valence-electron chi connectivity index (χ3n) is 5.19. The summed E-state index contributed by atoms with van der Waals surface area (Å²) in [5.74, 6) is -0.0811. The number of fused-ring (bicyclic) bond motifs is 1. The van der Waals surface area contributed by atoms with Crippen molar-refractivity contribution in [1.82, 2.24) is 25.0 Å². The van der Waals surface area contributed by atoms with Crippen LogP contribution in [0.4, 0.5) is 0 Å². The van der Waals surface area contributed by atoms with Gasteiger partial charge in [0.25, 0.3) is 5.91 Å². The highest BCUT2D eigenvalue weighted by atomic mass is 16.5. The Hall–Kier alpha value is -2.77. The maximum Gasteiger partial charge on any atom is 0.252 e. The molecule has 1 N–H and O–H groups in total. The molecule has 0 unspecified atom stereocenters. The highest BCUT2D eigenvalue weighted by molar-refractivity contribution is 6.06. The van der Waals surface area contributed by atoms with E-state index in [9.17, 15) is 4.79 Å². The Bertz CT molecular complexity index is 1010. The summed E-state index contributed by atoms with van der Waals surface area (Å²) in [5, 5.41) is 8.11. The van der Waals surface area contributed by atoms with Crippen molar-refractivity contribution >= 4 is 16.8 Å². The molecule has 3 aromatic rings. The molecular formula is C22H27N5O2. The Morgan fingerprint density at radius 1 is 1.31 bits per heavy atom. The van der Waals surface area contributed by atoms with E-state index in [1.807, 2.05) is 68.2 Å². The lowest BCUT2D eigenvalue weighted by Crippen LogP contribution is -2.38. The van der Waals surface area contributed by atoms with Crippen LogP contribution < -0.4 is 5.32 Å². The van der Waals surface area contributed by atoms with Crippen molar-refractivity contribution in [3.05, 3.63) is 59.5 Å². The van der Waals surface area contributed by atoms with Gasteiger partial charge in [-0.25, -0.2) is 4.98 Å². The van der Waals surface area contributed by atoms with Gasteiger partial charge in [-0.3, -0.25) is 14.4 Å². The molecule has 7 heteroatoms. The summed E-state index contributed by atoms with van der Waals surface area (Å²) in [4.78, 5) is 20.0. The molecule has 1 aliphatic rings. The van der Waals surface area contributed by atoms with Crippen molar-refractivity contribution in [3.8, 4) is 0 Å². The van der Waals surface area contributed by atoms with Crippen LogP contribution in [-0.2, 0) is 18.3 Å². The molecule has 1 fully saturated rings. The molecule has 0 saturated carbocycles. The number of amides is 1. The van der Waals surface area contributed by atoms with Crippen LogP contribution in [0.15, 0.2) is 42.6 Å². The van der Waals surface area contributed by atoms with Gasteiger partial charge < -0.3 is 10.1 Å². The van der Waals surface area contributed by atoms with Crippen molar-refractivity contribution in [2.24, 2.45) is 7.05 Å². The van der Waals surface area contributed by atoms with Crippen LogP contribution in [0.5, 0.6) is 0 Å². The molecule has 0 aliphatic carbocycles. The number of nitrogens with zero attached hydrogens (tertiary/aromatic N) is 4. The Kier molecular flexibility index (Phi) is 5.60. The van der Waals surface area contributed by atoms with Crippen LogP contribution in [0.25, 0.3) is 10.9 Å². The molecule has 4 rings (SSSR count). The zero-order chi connectivity index (χ0) is 20.4. The monoisotopic (exact) mass is 393 g/mol. The number of hydrogen-bond acceptors (Lipinski definition) is 5. The van der Waals surface area contributed by atoms with E-state index in [0.717, 1.165) is 41.9 Å². The SMILES string of the molecule is CC(C)NC(=O)c1cc([C@H]2CN(Cc3ccnn3C)CCO2)nc2ccccc12. The molecule has 7 nitrogen and oxygen atoms in total. The standard InChI is InChI=1S/C22H27N5O2/c1-15(2)24-22(28)18-12-20(25-19-7-5-4-6-17(18)19)21-14-27(10-11-29-21)13-16-8-9-23-26(16)3/h4-9,12,15,21H,10-11,13-14H2,1-3H3,(H,24,28)/t21-/m1/s1. The van der Waals surface area contributed by atoms with Crippen molar-refractivity contribution < 1.29 is 9.53 Å². The first-order chi connectivity index (χ1) is 14.0. The summed E-state index contributed by atoms with van der Waals surface area (Å²) >= 11 is 0. The molecule has 3 heterocycles. The van der Waals surface area contributed by atoms with Gasteiger partial charge in [0.05, 0.1) is 29.1 Å². The number of carbonyl (C=O) groups excluding carboxylic acids is 1.